The van der Waals surface area contributed by atoms with Crippen LogP contribution >= 0.6 is 12.4 Å². The van der Waals surface area contributed by atoms with Crippen molar-refractivity contribution in [2.24, 2.45) is 0 Å². The van der Waals surface area contributed by atoms with Gasteiger partial charge in [-0.2, -0.15) is 0 Å². The fourth-order valence-corrected chi connectivity index (χ4v) is 2.61. The van der Waals surface area contributed by atoms with Gasteiger partial charge in [-0.05, 0) is 31.7 Å². The number of nitrogens with zero attached hydrogens (tertiary/aromatic N) is 2. The third kappa shape index (κ3) is 6.77. The summed E-state index contributed by atoms with van der Waals surface area (Å²) in [5.74, 6) is 0.618. The van der Waals surface area contributed by atoms with Gasteiger partial charge < -0.3 is 14.4 Å². The van der Waals surface area contributed by atoms with Gasteiger partial charge in [0.1, 0.15) is 11.9 Å². The third-order valence-electron chi connectivity index (χ3n) is 3.95. The Morgan fingerprint density at radius 1 is 1.17 bits per heavy atom. The van der Waals surface area contributed by atoms with Crippen molar-refractivity contribution in [1.29, 1.82) is 0 Å². The Morgan fingerprint density at radius 2 is 1.78 bits per heavy atom. The second-order valence-electron chi connectivity index (χ2n) is 5.93. The van der Waals surface area contributed by atoms with Crippen molar-refractivity contribution in [3.63, 3.8) is 0 Å². The summed E-state index contributed by atoms with van der Waals surface area (Å²) in [5.41, 5.74) is 0.942. The number of carbonyl (C=O) groups excluding carboxylic acids is 1. The first-order chi connectivity index (χ1) is 10.6. The molecule has 23 heavy (non-hydrogen) atoms. The number of hydrogen-bond donors (Lipinski definition) is 0. The molecule has 0 aromatic heterocycles. The molecule has 1 aliphatic heterocycles. The van der Waals surface area contributed by atoms with Gasteiger partial charge in [0.05, 0.1) is 13.5 Å². The summed E-state index contributed by atoms with van der Waals surface area (Å²) in [7, 11) is 3.76. The number of likely N-dealkylation sites (N-methyl/N-ethyl adjacent to an activating group) is 1. The zero-order valence-corrected chi connectivity index (χ0v) is 15.0. The van der Waals surface area contributed by atoms with Crippen LogP contribution in [-0.4, -0.2) is 68.8 Å². The van der Waals surface area contributed by atoms with Gasteiger partial charge in [0, 0.05) is 32.7 Å². The molecule has 1 aliphatic rings. The fraction of sp³-hybridized carbons (Fsp3) is 0.588. The van der Waals surface area contributed by atoms with E-state index >= 15 is 0 Å². The highest BCUT2D eigenvalue weighted by Gasteiger charge is 2.18. The molecule has 1 unspecified atom stereocenters. The lowest BCUT2D eigenvalue weighted by Crippen LogP contribution is -2.47. The molecule has 1 aromatic rings. The smallest absolute Gasteiger partial charge is 0.310 e. The Kier molecular flexibility index (Phi) is 8.37. The summed E-state index contributed by atoms with van der Waals surface area (Å²) >= 11 is 0. The molecule has 1 saturated heterocycles. The molecular weight excluding hydrogens is 316 g/mol. The molecule has 1 atom stereocenters. The standard InChI is InChI=1S/C17H26N2O3.ClH/c1-14(13-19-10-8-18(2)9-11-19)22-17(20)12-15-4-6-16(21-3)7-5-15;/h4-7,14H,8-13H2,1-3H3;1H. The van der Waals surface area contributed by atoms with E-state index in [0.717, 1.165) is 44.0 Å². The van der Waals surface area contributed by atoms with Crippen molar-refractivity contribution in [1.82, 2.24) is 9.80 Å². The van der Waals surface area contributed by atoms with E-state index in [9.17, 15) is 4.79 Å². The zero-order valence-electron chi connectivity index (χ0n) is 14.2. The molecule has 0 aliphatic carbocycles. The first-order valence-corrected chi connectivity index (χ1v) is 7.80. The summed E-state index contributed by atoms with van der Waals surface area (Å²) in [6.07, 6.45) is 0.228. The van der Waals surface area contributed by atoms with E-state index in [-0.39, 0.29) is 24.5 Å². The lowest BCUT2D eigenvalue weighted by Gasteiger charge is -2.33. The monoisotopic (exact) mass is 342 g/mol. The number of piperazine rings is 1. The largest absolute Gasteiger partial charge is 0.497 e. The SMILES string of the molecule is COc1ccc(CC(=O)OC(C)CN2CCN(C)CC2)cc1.Cl. The average molecular weight is 343 g/mol. The molecule has 130 valence electrons. The number of ether oxygens (including phenoxy) is 2. The van der Waals surface area contributed by atoms with E-state index in [1.54, 1.807) is 7.11 Å². The molecule has 1 aromatic carbocycles. The molecule has 5 nitrogen and oxygen atoms in total. The average Bonchev–Trinajstić information content (AvgIpc) is 2.50. The van der Waals surface area contributed by atoms with Gasteiger partial charge in [0.25, 0.3) is 0 Å². The van der Waals surface area contributed by atoms with E-state index in [4.69, 9.17) is 9.47 Å². The molecule has 1 fully saturated rings. The van der Waals surface area contributed by atoms with Crippen LogP contribution in [-0.2, 0) is 16.0 Å². The summed E-state index contributed by atoms with van der Waals surface area (Å²) in [6.45, 7) is 7.00. The molecule has 0 radical (unpaired) electrons. The molecule has 0 amide bonds. The van der Waals surface area contributed by atoms with Gasteiger partial charge in [-0.25, -0.2) is 0 Å². The highest BCUT2D eigenvalue weighted by atomic mass is 35.5. The number of benzene rings is 1. The van der Waals surface area contributed by atoms with Gasteiger partial charge in [-0.3, -0.25) is 9.69 Å². The minimum Gasteiger partial charge on any atom is -0.497 e. The Hall–Kier alpha value is -1.30. The van der Waals surface area contributed by atoms with Crippen molar-refractivity contribution >= 4 is 18.4 Å². The van der Waals surface area contributed by atoms with E-state index in [1.165, 1.54) is 0 Å². The predicted molar refractivity (Wildman–Crippen MR) is 93.4 cm³/mol. The summed E-state index contributed by atoms with van der Waals surface area (Å²) in [4.78, 5) is 16.7. The number of rotatable bonds is 6. The number of halogens is 1. The van der Waals surface area contributed by atoms with Crippen LogP contribution in [0.15, 0.2) is 24.3 Å². The van der Waals surface area contributed by atoms with Crippen LogP contribution < -0.4 is 4.74 Å². The van der Waals surface area contributed by atoms with Crippen LogP contribution in [0.3, 0.4) is 0 Å². The highest BCUT2D eigenvalue weighted by molar-refractivity contribution is 5.85. The van der Waals surface area contributed by atoms with Crippen molar-refractivity contribution < 1.29 is 14.3 Å². The van der Waals surface area contributed by atoms with E-state index in [2.05, 4.69) is 16.8 Å². The Labute approximate surface area is 145 Å². The van der Waals surface area contributed by atoms with E-state index in [1.807, 2.05) is 31.2 Å². The maximum Gasteiger partial charge on any atom is 0.310 e. The van der Waals surface area contributed by atoms with Gasteiger partial charge >= 0.3 is 5.97 Å². The fourth-order valence-electron chi connectivity index (χ4n) is 2.61. The zero-order chi connectivity index (χ0) is 15.9. The molecule has 6 heteroatoms. The second-order valence-corrected chi connectivity index (χ2v) is 5.93. The molecule has 0 saturated carbocycles. The van der Waals surface area contributed by atoms with Crippen molar-refractivity contribution in [2.75, 3.05) is 46.9 Å². The molecule has 0 spiro atoms. The van der Waals surface area contributed by atoms with Crippen molar-refractivity contribution in [3.8, 4) is 5.75 Å². The minimum atomic E-state index is -0.174. The number of carbonyl (C=O) groups is 1. The molecule has 1 heterocycles. The van der Waals surface area contributed by atoms with Crippen LogP contribution in [0.2, 0.25) is 0 Å². The third-order valence-corrected chi connectivity index (χ3v) is 3.95. The number of esters is 1. The quantitative estimate of drug-likeness (QED) is 0.738. The van der Waals surface area contributed by atoms with Crippen molar-refractivity contribution in [3.05, 3.63) is 29.8 Å². The Balaban J connectivity index is 0.00000264. The van der Waals surface area contributed by atoms with Crippen molar-refractivity contribution in [2.45, 2.75) is 19.4 Å². The molecular formula is C17H27ClN2O3. The van der Waals surface area contributed by atoms with Crippen LogP contribution in [0.25, 0.3) is 0 Å². The van der Waals surface area contributed by atoms with E-state index in [0.29, 0.717) is 6.42 Å². The second kappa shape index (κ2) is 9.75. The van der Waals surface area contributed by atoms with Gasteiger partial charge in [-0.15, -0.1) is 12.4 Å². The normalized spacial score (nSPS) is 17.2. The molecule has 2 rings (SSSR count). The summed E-state index contributed by atoms with van der Waals surface area (Å²) in [6, 6.07) is 7.50. The van der Waals surface area contributed by atoms with Gasteiger partial charge in [0.2, 0.25) is 0 Å². The Morgan fingerprint density at radius 3 is 2.35 bits per heavy atom. The van der Waals surface area contributed by atoms with Crippen LogP contribution in [0.5, 0.6) is 5.75 Å². The lowest BCUT2D eigenvalue weighted by molar-refractivity contribution is -0.148. The number of methoxy groups -OCH3 is 1. The Bertz CT molecular complexity index is 473. The van der Waals surface area contributed by atoms with Crippen LogP contribution in [0.1, 0.15) is 12.5 Å². The minimum absolute atomic E-state index is 0. The van der Waals surface area contributed by atoms with Crippen LogP contribution in [0.4, 0.5) is 0 Å². The van der Waals surface area contributed by atoms with E-state index < -0.39 is 0 Å². The van der Waals surface area contributed by atoms with Gasteiger partial charge in [-0.1, -0.05) is 12.1 Å². The topological polar surface area (TPSA) is 42.0 Å². The maximum atomic E-state index is 12.0. The summed E-state index contributed by atoms with van der Waals surface area (Å²) in [5, 5.41) is 0. The lowest BCUT2D eigenvalue weighted by atomic mass is 10.1. The van der Waals surface area contributed by atoms with Gasteiger partial charge in [0.15, 0.2) is 0 Å². The van der Waals surface area contributed by atoms with Crippen LogP contribution in [0, 0.1) is 0 Å². The molecule has 0 N–H and O–H groups in total. The highest BCUT2D eigenvalue weighted by Crippen LogP contribution is 2.12. The summed E-state index contributed by atoms with van der Waals surface area (Å²) < 4.78 is 10.6. The first kappa shape index (κ1) is 19.7. The molecule has 0 bridgehead atoms. The predicted octanol–water partition coefficient (Wildman–Crippen LogP) is 1.84. The number of hydrogen-bond acceptors (Lipinski definition) is 5. The first-order valence-electron chi connectivity index (χ1n) is 7.80. The maximum absolute atomic E-state index is 12.0.